The second kappa shape index (κ2) is 3.83. The van der Waals surface area contributed by atoms with Crippen LogP contribution in [0.5, 0.6) is 0 Å². The van der Waals surface area contributed by atoms with Crippen molar-refractivity contribution < 1.29 is 4.39 Å². The van der Waals surface area contributed by atoms with E-state index in [9.17, 15) is 4.39 Å². The highest BCUT2D eigenvalue weighted by Gasteiger charge is 1.99. The zero-order chi connectivity index (χ0) is 8.27. The molecule has 0 atom stereocenters. The number of rotatable bonds is 2. The van der Waals surface area contributed by atoms with Gasteiger partial charge < -0.3 is 5.32 Å². The average Bonchev–Trinajstić information content (AvgIpc) is 1.95. The Morgan fingerprint density at radius 1 is 1.55 bits per heavy atom. The van der Waals surface area contributed by atoms with E-state index < -0.39 is 0 Å². The van der Waals surface area contributed by atoms with Crippen molar-refractivity contribution in [1.29, 1.82) is 0 Å². The summed E-state index contributed by atoms with van der Waals surface area (Å²) in [7, 11) is 1.79. The molecule has 1 aromatic rings. The van der Waals surface area contributed by atoms with Crippen LogP contribution in [-0.2, 0) is 6.54 Å². The molecular formula is C8H9BrFN. The highest BCUT2D eigenvalue weighted by Crippen LogP contribution is 2.14. The minimum Gasteiger partial charge on any atom is -0.316 e. The molecule has 0 saturated carbocycles. The third kappa shape index (κ3) is 2.27. The summed E-state index contributed by atoms with van der Waals surface area (Å²) in [6.07, 6.45) is 0. The molecular weight excluding hydrogens is 209 g/mol. The number of hydrogen-bond acceptors (Lipinski definition) is 1. The van der Waals surface area contributed by atoms with Crippen LogP contribution in [0, 0.1) is 5.82 Å². The molecule has 11 heavy (non-hydrogen) atoms. The molecule has 1 rings (SSSR count). The first-order chi connectivity index (χ1) is 5.24. The van der Waals surface area contributed by atoms with Gasteiger partial charge in [0.25, 0.3) is 0 Å². The molecule has 1 aromatic carbocycles. The van der Waals surface area contributed by atoms with Crippen molar-refractivity contribution in [2.45, 2.75) is 6.54 Å². The fourth-order valence-electron chi connectivity index (χ4n) is 0.855. The van der Waals surface area contributed by atoms with E-state index in [0.717, 1.165) is 4.47 Å². The lowest BCUT2D eigenvalue weighted by molar-refractivity contribution is 0.600. The maximum Gasteiger partial charge on any atom is 0.128 e. The van der Waals surface area contributed by atoms with E-state index in [1.165, 1.54) is 6.07 Å². The molecule has 1 N–H and O–H groups in total. The Bertz CT molecular complexity index is 250. The van der Waals surface area contributed by atoms with Crippen LogP contribution >= 0.6 is 15.9 Å². The molecule has 0 aromatic heterocycles. The summed E-state index contributed by atoms with van der Waals surface area (Å²) >= 11 is 3.19. The quantitative estimate of drug-likeness (QED) is 0.803. The van der Waals surface area contributed by atoms with Crippen molar-refractivity contribution >= 4 is 15.9 Å². The Kier molecular flexibility index (Phi) is 3.02. The lowest BCUT2D eigenvalue weighted by atomic mass is 10.2. The van der Waals surface area contributed by atoms with Gasteiger partial charge in [-0.3, -0.25) is 0 Å². The minimum atomic E-state index is -0.172. The predicted octanol–water partition coefficient (Wildman–Crippen LogP) is 2.31. The molecule has 0 saturated heterocycles. The normalized spacial score (nSPS) is 10.1. The highest BCUT2D eigenvalue weighted by molar-refractivity contribution is 9.10. The molecule has 1 nitrogen and oxygen atoms in total. The van der Waals surface area contributed by atoms with Gasteiger partial charge in [-0.15, -0.1) is 0 Å². The van der Waals surface area contributed by atoms with Crippen LogP contribution < -0.4 is 5.32 Å². The summed E-state index contributed by atoms with van der Waals surface area (Å²) in [4.78, 5) is 0. The Hall–Kier alpha value is -0.410. The second-order valence-electron chi connectivity index (χ2n) is 2.27. The number of benzene rings is 1. The first-order valence-electron chi connectivity index (χ1n) is 3.32. The maximum atomic E-state index is 13.0. The van der Waals surface area contributed by atoms with Gasteiger partial charge in [0.1, 0.15) is 5.82 Å². The molecule has 0 spiro atoms. The molecule has 0 aliphatic carbocycles. The van der Waals surface area contributed by atoms with Crippen LogP contribution in [0.25, 0.3) is 0 Å². The van der Waals surface area contributed by atoms with E-state index in [0.29, 0.717) is 12.1 Å². The van der Waals surface area contributed by atoms with Gasteiger partial charge in [0.05, 0.1) is 0 Å². The Labute approximate surface area is 73.7 Å². The van der Waals surface area contributed by atoms with Gasteiger partial charge in [-0.2, -0.15) is 0 Å². The van der Waals surface area contributed by atoms with Crippen LogP contribution in [0.15, 0.2) is 22.7 Å². The van der Waals surface area contributed by atoms with Crippen LogP contribution in [0.2, 0.25) is 0 Å². The Balaban J connectivity index is 2.90. The van der Waals surface area contributed by atoms with Gasteiger partial charge in [0.15, 0.2) is 0 Å². The van der Waals surface area contributed by atoms with Gasteiger partial charge >= 0.3 is 0 Å². The van der Waals surface area contributed by atoms with Crippen LogP contribution in [0.1, 0.15) is 5.56 Å². The second-order valence-corrected chi connectivity index (χ2v) is 3.18. The molecule has 0 radical (unpaired) electrons. The first-order valence-corrected chi connectivity index (χ1v) is 4.12. The average molecular weight is 218 g/mol. The largest absolute Gasteiger partial charge is 0.316 e. The lowest BCUT2D eigenvalue weighted by Gasteiger charge is -2.01. The maximum absolute atomic E-state index is 13.0. The fourth-order valence-corrected chi connectivity index (χ4v) is 1.19. The standard InChI is InChI=1S/C8H9BrFN/c1-11-5-6-2-3-7(9)4-8(6)10/h2-4,11H,5H2,1H3. The molecule has 0 aliphatic rings. The van der Waals surface area contributed by atoms with Gasteiger partial charge in [-0.25, -0.2) is 4.39 Å². The van der Waals surface area contributed by atoms with Crippen molar-refractivity contribution in [3.8, 4) is 0 Å². The van der Waals surface area contributed by atoms with Gasteiger partial charge in [-0.1, -0.05) is 22.0 Å². The Morgan fingerprint density at radius 2 is 2.27 bits per heavy atom. The first kappa shape index (κ1) is 8.68. The van der Waals surface area contributed by atoms with E-state index in [1.54, 1.807) is 13.1 Å². The molecule has 0 bridgehead atoms. The predicted molar refractivity (Wildman–Crippen MR) is 46.9 cm³/mol. The summed E-state index contributed by atoms with van der Waals surface area (Å²) in [5.74, 6) is -0.172. The zero-order valence-electron chi connectivity index (χ0n) is 6.20. The van der Waals surface area contributed by atoms with Crippen molar-refractivity contribution in [2.24, 2.45) is 0 Å². The summed E-state index contributed by atoms with van der Waals surface area (Å²) < 4.78 is 13.7. The van der Waals surface area contributed by atoms with Gasteiger partial charge in [0, 0.05) is 16.6 Å². The Morgan fingerprint density at radius 3 is 2.82 bits per heavy atom. The fraction of sp³-hybridized carbons (Fsp3) is 0.250. The third-order valence-corrected chi connectivity index (χ3v) is 1.88. The smallest absolute Gasteiger partial charge is 0.128 e. The molecule has 0 fully saturated rings. The highest BCUT2D eigenvalue weighted by atomic mass is 79.9. The zero-order valence-corrected chi connectivity index (χ0v) is 7.78. The number of hydrogen-bond donors (Lipinski definition) is 1. The van der Waals surface area contributed by atoms with E-state index in [2.05, 4.69) is 21.2 Å². The molecule has 0 unspecified atom stereocenters. The van der Waals surface area contributed by atoms with E-state index >= 15 is 0 Å². The van der Waals surface area contributed by atoms with Crippen molar-refractivity contribution in [3.05, 3.63) is 34.1 Å². The summed E-state index contributed by atoms with van der Waals surface area (Å²) in [6.45, 7) is 0.569. The molecule has 0 amide bonds. The SMILES string of the molecule is CNCc1ccc(Br)cc1F. The molecule has 0 heterocycles. The summed E-state index contributed by atoms with van der Waals surface area (Å²) in [5, 5.41) is 2.89. The number of nitrogens with one attached hydrogen (secondary N) is 1. The summed E-state index contributed by atoms with van der Waals surface area (Å²) in [5.41, 5.74) is 0.690. The van der Waals surface area contributed by atoms with Crippen molar-refractivity contribution in [2.75, 3.05) is 7.05 Å². The minimum absolute atomic E-state index is 0.172. The number of halogens is 2. The molecule has 60 valence electrons. The molecule has 3 heteroatoms. The van der Waals surface area contributed by atoms with E-state index in [-0.39, 0.29) is 5.82 Å². The molecule has 0 aliphatic heterocycles. The summed E-state index contributed by atoms with van der Waals surface area (Å²) in [6, 6.07) is 5.05. The third-order valence-electron chi connectivity index (χ3n) is 1.38. The van der Waals surface area contributed by atoms with Crippen LogP contribution in [-0.4, -0.2) is 7.05 Å². The topological polar surface area (TPSA) is 12.0 Å². The monoisotopic (exact) mass is 217 g/mol. The lowest BCUT2D eigenvalue weighted by Crippen LogP contribution is -2.06. The van der Waals surface area contributed by atoms with Crippen molar-refractivity contribution in [3.63, 3.8) is 0 Å². The van der Waals surface area contributed by atoms with Crippen molar-refractivity contribution in [1.82, 2.24) is 5.32 Å². The van der Waals surface area contributed by atoms with Crippen LogP contribution in [0.3, 0.4) is 0 Å². The van der Waals surface area contributed by atoms with Crippen LogP contribution in [0.4, 0.5) is 4.39 Å². The van der Waals surface area contributed by atoms with E-state index in [4.69, 9.17) is 0 Å². The van der Waals surface area contributed by atoms with Gasteiger partial charge in [0.2, 0.25) is 0 Å². The van der Waals surface area contributed by atoms with E-state index in [1.807, 2.05) is 6.07 Å². The van der Waals surface area contributed by atoms with Gasteiger partial charge in [-0.05, 0) is 19.2 Å².